The van der Waals surface area contributed by atoms with E-state index in [1.807, 2.05) is 6.92 Å². The summed E-state index contributed by atoms with van der Waals surface area (Å²) in [6.07, 6.45) is 1.44. The van der Waals surface area contributed by atoms with Crippen molar-refractivity contribution in [1.29, 1.82) is 0 Å². The summed E-state index contributed by atoms with van der Waals surface area (Å²) in [5.41, 5.74) is 0.662. The molecule has 0 fully saturated rings. The molecular formula is C22H16FN3O5. The zero-order chi connectivity index (χ0) is 22.3. The summed E-state index contributed by atoms with van der Waals surface area (Å²) < 4.78 is 15.8. The molecule has 0 aliphatic rings. The number of pyridine rings is 1. The Kier molecular flexibility index (Phi) is 4.86. The minimum absolute atomic E-state index is 0.0392. The third-order valence-corrected chi connectivity index (χ3v) is 5.08. The summed E-state index contributed by atoms with van der Waals surface area (Å²) in [4.78, 5) is 37.8. The number of aromatic carboxylic acids is 1. The van der Waals surface area contributed by atoms with Gasteiger partial charge in [0.15, 0.2) is 0 Å². The first-order valence-corrected chi connectivity index (χ1v) is 9.25. The van der Waals surface area contributed by atoms with E-state index in [1.54, 1.807) is 24.3 Å². The predicted octanol–water partition coefficient (Wildman–Crippen LogP) is 4.10. The molecule has 2 aromatic heterocycles. The third-order valence-electron chi connectivity index (χ3n) is 5.08. The molecule has 2 aromatic carbocycles. The van der Waals surface area contributed by atoms with Crippen LogP contribution in [0.3, 0.4) is 0 Å². The van der Waals surface area contributed by atoms with Gasteiger partial charge in [-0.25, -0.2) is 9.18 Å². The van der Waals surface area contributed by atoms with Crippen LogP contribution in [-0.2, 0) is 6.54 Å². The van der Waals surface area contributed by atoms with Crippen LogP contribution in [0.15, 0.2) is 59.5 Å². The van der Waals surface area contributed by atoms with Gasteiger partial charge in [0.1, 0.15) is 11.5 Å². The SMILES string of the molecule is Cc1ccc2c(c1)c(-c1ccc[nH]c1=O)c(C(=O)O)n2Cc1cc([N+](=O)[O-])ccc1F. The van der Waals surface area contributed by atoms with Crippen LogP contribution in [0.4, 0.5) is 10.1 Å². The fraction of sp³-hybridized carbons (Fsp3) is 0.0909. The molecule has 156 valence electrons. The first-order chi connectivity index (χ1) is 14.8. The summed E-state index contributed by atoms with van der Waals surface area (Å²) in [6.45, 7) is 1.57. The number of nitro groups is 1. The second-order valence-corrected chi connectivity index (χ2v) is 7.08. The van der Waals surface area contributed by atoms with E-state index in [1.165, 1.54) is 16.8 Å². The maximum absolute atomic E-state index is 14.5. The van der Waals surface area contributed by atoms with Crippen LogP contribution in [0.2, 0.25) is 0 Å². The molecule has 0 bridgehead atoms. The molecule has 0 radical (unpaired) electrons. The van der Waals surface area contributed by atoms with Gasteiger partial charge in [0.05, 0.1) is 11.5 Å². The molecule has 0 amide bonds. The van der Waals surface area contributed by atoms with Crippen molar-refractivity contribution in [2.24, 2.45) is 0 Å². The molecule has 9 heteroatoms. The van der Waals surface area contributed by atoms with Gasteiger partial charge in [0, 0.05) is 45.9 Å². The number of hydrogen-bond donors (Lipinski definition) is 2. The van der Waals surface area contributed by atoms with Gasteiger partial charge >= 0.3 is 5.97 Å². The van der Waals surface area contributed by atoms with Gasteiger partial charge in [0.25, 0.3) is 11.2 Å². The molecule has 0 saturated heterocycles. The topological polar surface area (TPSA) is 118 Å². The van der Waals surface area contributed by atoms with Gasteiger partial charge < -0.3 is 14.7 Å². The van der Waals surface area contributed by atoms with Crippen LogP contribution in [0.1, 0.15) is 21.6 Å². The Bertz CT molecular complexity index is 1420. The highest BCUT2D eigenvalue weighted by Crippen LogP contribution is 2.35. The van der Waals surface area contributed by atoms with Crippen LogP contribution in [-0.4, -0.2) is 25.6 Å². The van der Waals surface area contributed by atoms with Crippen LogP contribution in [0, 0.1) is 22.9 Å². The van der Waals surface area contributed by atoms with Crippen LogP contribution in [0.25, 0.3) is 22.0 Å². The number of nitrogens with zero attached hydrogens (tertiary/aromatic N) is 2. The highest BCUT2D eigenvalue weighted by molar-refractivity contribution is 6.08. The lowest BCUT2D eigenvalue weighted by Gasteiger charge is -2.10. The fourth-order valence-corrected chi connectivity index (χ4v) is 3.71. The lowest BCUT2D eigenvalue weighted by molar-refractivity contribution is -0.385. The third kappa shape index (κ3) is 3.46. The van der Waals surface area contributed by atoms with Gasteiger partial charge in [0.2, 0.25) is 0 Å². The minimum atomic E-state index is -1.31. The number of carboxylic acids is 1. The Balaban J connectivity index is 2.05. The molecule has 4 rings (SSSR count). The lowest BCUT2D eigenvalue weighted by atomic mass is 10.0. The normalized spacial score (nSPS) is 11.0. The lowest BCUT2D eigenvalue weighted by Crippen LogP contribution is -2.14. The number of nitro benzene ring substituents is 1. The van der Waals surface area contributed by atoms with Crippen molar-refractivity contribution >= 4 is 22.6 Å². The van der Waals surface area contributed by atoms with E-state index in [0.29, 0.717) is 10.9 Å². The average Bonchev–Trinajstić information content (AvgIpc) is 3.03. The first kappa shape index (κ1) is 20.0. The molecule has 0 aliphatic heterocycles. The summed E-state index contributed by atoms with van der Waals surface area (Å²) in [5.74, 6) is -2.01. The second kappa shape index (κ2) is 7.52. The Morgan fingerprint density at radius 1 is 1.23 bits per heavy atom. The molecule has 4 aromatic rings. The summed E-state index contributed by atoms with van der Waals surface area (Å²) >= 11 is 0. The van der Waals surface area contributed by atoms with Crippen molar-refractivity contribution in [3.05, 3.63) is 97.8 Å². The number of benzene rings is 2. The quantitative estimate of drug-likeness (QED) is 0.372. The standard InChI is InChI=1S/C22H16FN3O5/c1-12-4-7-18-16(9-12)19(15-3-2-8-24-21(15)27)20(22(28)29)25(18)11-13-10-14(26(30)31)5-6-17(13)23/h2-10H,11H2,1H3,(H,24,27)(H,28,29). The molecule has 8 nitrogen and oxygen atoms in total. The van der Waals surface area contributed by atoms with Crippen LogP contribution >= 0.6 is 0 Å². The summed E-state index contributed by atoms with van der Waals surface area (Å²) in [7, 11) is 0. The number of H-pyrrole nitrogens is 1. The highest BCUT2D eigenvalue weighted by atomic mass is 19.1. The van der Waals surface area contributed by atoms with E-state index >= 15 is 0 Å². The summed E-state index contributed by atoms with van der Waals surface area (Å²) in [5, 5.41) is 21.7. The van der Waals surface area contributed by atoms with Gasteiger partial charge in [-0.05, 0) is 37.3 Å². The number of aromatic nitrogens is 2. The fourth-order valence-electron chi connectivity index (χ4n) is 3.71. The van der Waals surface area contributed by atoms with E-state index in [-0.39, 0.29) is 34.6 Å². The van der Waals surface area contributed by atoms with Gasteiger partial charge in [-0.15, -0.1) is 0 Å². The molecular weight excluding hydrogens is 405 g/mol. The van der Waals surface area contributed by atoms with Crippen molar-refractivity contribution in [3.8, 4) is 11.1 Å². The number of fused-ring (bicyclic) bond motifs is 1. The van der Waals surface area contributed by atoms with E-state index in [9.17, 15) is 29.2 Å². The Morgan fingerprint density at radius 2 is 2.00 bits per heavy atom. The number of halogens is 1. The van der Waals surface area contributed by atoms with E-state index in [2.05, 4.69) is 4.98 Å². The largest absolute Gasteiger partial charge is 0.477 e. The molecule has 2 heterocycles. The van der Waals surface area contributed by atoms with E-state index < -0.39 is 22.3 Å². The molecule has 0 spiro atoms. The van der Waals surface area contributed by atoms with Crippen molar-refractivity contribution < 1.29 is 19.2 Å². The number of aryl methyl sites for hydroxylation is 1. The van der Waals surface area contributed by atoms with Gasteiger partial charge in [-0.2, -0.15) is 0 Å². The Morgan fingerprint density at radius 3 is 2.68 bits per heavy atom. The zero-order valence-corrected chi connectivity index (χ0v) is 16.3. The van der Waals surface area contributed by atoms with E-state index in [4.69, 9.17) is 0 Å². The number of aromatic amines is 1. The molecule has 0 saturated carbocycles. The predicted molar refractivity (Wildman–Crippen MR) is 112 cm³/mol. The monoisotopic (exact) mass is 421 g/mol. The number of carbonyl (C=O) groups is 1. The molecule has 0 unspecified atom stereocenters. The van der Waals surface area contributed by atoms with Crippen molar-refractivity contribution in [1.82, 2.24) is 9.55 Å². The number of rotatable bonds is 5. The number of hydrogen-bond acceptors (Lipinski definition) is 4. The Hall–Kier alpha value is -4.27. The second-order valence-electron chi connectivity index (χ2n) is 7.08. The average molecular weight is 421 g/mol. The molecule has 31 heavy (non-hydrogen) atoms. The van der Waals surface area contributed by atoms with Crippen LogP contribution < -0.4 is 5.56 Å². The number of non-ortho nitro benzene ring substituents is 1. The molecule has 0 atom stereocenters. The van der Waals surface area contributed by atoms with Crippen molar-refractivity contribution in [2.75, 3.05) is 0 Å². The van der Waals surface area contributed by atoms with Crippen molar-refractivity contribution in [3.63, 3.8) is 0 Å². The number of carboxylic acid groups (broad SMARTS) is 1. The molecule has 2 N–H and O–H groups in total. The van der Waals surface area contributed by atoms with E-state index in [0.717, 1.165) is 23.8 Å². The van der Waals surface area contributed by atoms with Gasteiger partial charge in [-0.3, -0.25) is 14.9 Å². The summed E-state index contributed by atoms with van der Waals surface area (Å²) in [6, 6.07) is 11.4. The maximum Gasteiger partial charge on any atom is 0.353 e. The Labute approximate surface area is 174 Å². The minimum Gasteiger partial charge on any atom is -0.477 e. The maximum atomic E-state index is 14.5. The zero-order valence-electron chi connectivity index (χ0n) is 16.3. The highest BCUT2D eigenvalue weighted by Gasteiger charge is 2.26. The smallest absolute Gasteiger partial charge is 0.353 e. The molecule has 0 aliphatic carbocycles. The van der Waals surface area contributed by atoms with Crippen LogP contribution in [0.5, 0.6) is 0 Å². The van der Waals surface area contributed by atoms with Gasteiger partial charge in [-0.1, -0.05) is 11.6 Å². The van der Waals surface area contributed by atoms with Crippen molar-refractivity contribution in [2.45, 2.75) is 13.5 Å². The number of nitrogens with one attached hydrogen (secondary N) is 1. The first-order valence-electron chi connectivity index (χ1n) is 9.25.